The normalized spacial score (nSPS) is 36.2. The van der Waals surface area contributed by atoms with Gasteiger partial charge in [0.25, 0.3) is 5.56 Å². The Morgan fingerprint density at radius 1 is 1.03 bits per heavy atom. The molecule has 21 nitrogen and oxygen atoms in total. The molecule has 2 aliphatic heterocycles. The number of nitrogens with one attached hydrogen (secondary N) is 1. The number of aliphatic hydroxyl groups excluding tert-OH is 6. The molecule has 2 aromatic heterocycles. The minimum absolute atomic E-state index is 0.226. The molecule has 23 heteroatoms. The minimum atomic E-state index is -5.78. The van der Waals surface area contributed by atoms with Crippen LogP contribution in [-0.2, 0) is 27.4 Å². The number of H-pyrrole nitrogens is 1. The molecule has 2 unspecified atom stereocenters. The van der Waals surface area contributed by atoms with Gasteiger partial charge in [0.2, 0.25) is 5.95 Å². The number of hydrogen-bond donors (Lipinski definition) is 11. The quantitative estimate of drug-likeness (QED) is 0.125. The molecule has 0 aromatic carbocycles. The molecule has 2 fully saturated rings. The summed E-state index contributed by atoms with van der Waals surface area (Å²) in [6.07, 6.45) is -18.8. The lowest BCUT2D eigenvalue weighted by atomic mass is 9.89. The van der Waals surface area contributed by atoms with E-state index in [9.17, 15) is 49.5 Å². The van der Waals surface area contributed by atoms with Crippen LogP contribution in [0.1, 0.15) is 6.23 Å². The summed E-state index contributed by atoms with van der Waals surface area (Å²) < 4.78 is 44.1. The molecule has 0 radical (unpaired) electrons. The maximum absolute atomic E-state index is 12.4. The van der Waals surface area contributed by atoms with E-state index in [1.54, 1.807) is 0 Å². The van der Waals surface area contributed by atoms with E-state index in [0.29, 0.717) is 0 Å². The highest BCUT2D eigenvalue weighted by Gasteiger charge is 2.57. The lowest BCUT2D eigenvalue weighted by Gasteiger charge is -2.44. The second-order valence-corrected chi connectivity index (χ2v) is 11.4. The first-order valence-corrected chi connectivity index (χ1v) is 13.9. The molecule has 2 aromatic rings. The number of phosphoric acid groups is 2. The van der Waals surface area contributed by atoms with Crippen molar-refractivity contribution in [3.05, 3.63) is 16.7 Å². The molecule has 0 saturated carbocycles. The summed E-state index contributed by atoms with van der Waals surface area (Å²) in [5.74, 6) is -0.350. The van der Waals surface area contributed by atoms with E-state index in [1.807, 2.05) is 0 Å². The van der Waals surface area contributed by atoms with Crippen LogP contribution in [0.2, 0.25) is 0 Å². The predicted molar refractivity (Wildman–Crippen MR) is 120 cm³/mol. The average Bonchev–Trinajstić information content (AvgIpc) is 3.36. The Morgan fingerprint density at radius 3 is 2.26 bits per heavy atom. The van der Waals surface area contributed by atoms with Crippen molar-refractivity contribution in [2.45, 2.75) is 61.2 Å². The summed E-state index contributed by atoms with van der Waals surface area (Å²) >= 11 is 0. The predicted octanol–water partition coefficient (Wildman–Crippen LogP) is -5.24. The summed E-state index contributed by atoms with van der Waals surface area (Å²) in [4.78, 5) is 49.9. The highest BCUT2D eigenvalue weighted by molar-refractivity contribution is 7.60. The monoisotopic (exact) mass is 605 g/mol. The van der Waals surface area contributed by atoms with E-state index >= 15 is 0 Å². The third kappa shape index (κ3) is 5.93. The fraction of sp³-hybridized carbons (Fsp3) is 0.688. The topological polar surface area (TPSA) is 343 Å². The summed E-state index contributed by atoms with van der Waals surface area (Å²) in [6, 6.07) is 0. The number of nitrogens with zero attached hydrogens (tertiary/aromatic N) is 3. The summed E-state index contributed by atoms with van der Waals surface area (Å²) in [6.45, 7) is -0.952. The Balaban J connectivity index is 1.74. The molecule has 0 aliphatic carbocycles. The SMILES string of the molecule is Nc1nc2c(ncn2[C@@H]2O[C@H](C(OP(=O)(O)OP(=O)(O)O)[C@H]3O[C@H](CO)[C@@H](O)[C@H](O)[C@@H]3O)[C@@H](O)[C@H]2O)c(=O)[nH]1. The third-order valence-corrected chi connectivity index (χ3v) is 8.23. The number of imidazole rings is 1. The molecule has 11 atom stereocenters. The zero-order valence-electron chi connectivity index (χ0n) is 19.3. The first kappa shape index (κ1) is 30.1. The van der Waals surface area contributed by atoms with Crippen molar-refractivity contribution in [2.24, 2.45) is 0 Å². The van der Waals surface area contributed by atoms with Crippen LogP contribution in [-0.4, -0.2) is 126 Å². The van der Waals surface area contributed by atoms with Gasteiger partial charge in [-0.05, 0) is 0 Å². The standard InChI is InChI=1S/C16H25N5O16P2/c17-16-19-13-4(14(28)20-16)18-2-21(13)15-9(27)8(26)11(35-15)12(36-39(32,33)37-38(29,30)31)10-7(25)6(24)5(23)3(1-22)34-10/h2-3,5-12,15,22-27H,1H2,(H,32,33)(H2,29,30,31)(H3,17,19,20,28)/t3-,5-,6+,7+,8+,9-,10+,11+,12?,15-/m1/s1. The Morgan fingerprint density at radius 2 is 1.64 bits per heavy atom. The van der Waals surface area contributed by atoms with Gasteiger partial charge in [0.05, 0.1) is 12.9 Å². The molecule has 2 saturated heterocycles. The van der Waals surface area contributed by atoms with Crippen LogP contribution in [0.25, 0.3) is 11.2 Å². The smallest absolute Gasteiger partial charge is 0.394 e. The van der Waals surface area contributed by atoms with Gasteiger partial charge in [0, 0.05) is 0 Å². The lowest BCUT2D eigenvalue weighted by molar-refractivity contribution is -0.260. The summed E-state index contributed by atoms with van der Waals surface area (Å²) in [7, 11) is -11.5. The van der Waals surface area contributed by atoms with Crippen LogP contribution in [0.5, 0.6) is 0 Å². The molecule has 39 heavy (non-hydrogen) atoms. The zero-order valence-corrected chi connectivity index (χ0v) is 21.0. The highest BCUT2D eigenvalue weighted by Crippen LogP contribution is 2.59. The van der Waals surface area contributed by atoms with Gasteiger partial charge in [-0.3, -0.25) is 18.9 Å². The Kier molecular flexibility index (Phi) is 8.34. The highest BCUT2D eigenvalue weighted by atomic mass is 31.3. The number of anilines is 1. The van der Waals surface area contributed by atoms with Gasteiger partial charge in [-0.25, -0.2) is 14.1 Å². The third-order valence-electron chi connectivity index (χ3n) is 6.04. The minimum Gasteiger partial charge on any atom is -0.394 e. The lowest BCUT2D eigenvalue weighted by Crippen LogP contribution is -2.64. The van der Waals surface area contributed by atoms with Crippen molar-refractivity contribution in [3.63, 3.8) is 0 Å². The Bertz CT molecular complexity index is 1350. The molecule has 12 N–H and O–H groups in total. The van der Waals surface area contributed by atoms with Gasteiger partial charge < -0.3 is 60.5 Å². The van der Waals surface area contributed by atoms with E-state index in [0.717, 1.165) is 10.9 Å². The molecule has 0 bridgehead atoms. The zero-order chi connectivity index (χ0) is 29.0. The molecule has 4 rings (SSSR count). The van der Waals surface area contributed by atoms with Crippen molar-refractivity contribution in [1.29, 1.82) is 0 Å². The summed E-state index contributed by atoms with van der Waals surface area (Å²) in [5, 5.41) is 61.8. The number of aromatic nitrogens is 4. The maximum Gasteiger partial charge on any atom is 0.481 e. The van der Waals surface area contributed by atoms with Gasteiger partial charge >= 0.3 is 15.6 Å². The number of nitrogen functional groups attached to an aromatic ring is 1. The fourth-order valence-electron chi connectivity index (χ4n) is 4.33. The molecule has 4 heterocycles. The molecular weight excluding hydrogens is 580 g/mol. The molecule has 0 spiro atoms. The molecule has 0 amide bonds. The van der Waals surface area contributed by atoms with Crippen LogP contribution >= 0.6 is 15.6 Å². The second-order valence-electron chi connectivity index (χ2n) is 8.65. The van der Waals surface area contributed by atoms with Crippen molar-refractivity contribution in [1.82, 2.24) is 19.5 Å². The first-order valence-electron chi connectivity index (χ1n) is 10.9. The van der Waals surface area contributed by atoms with Gasteiger partial charge in [0.1, 0.15) is 54.9 Å². The number of aromatic amines is 1. The van der Waals surface area contributed by atoms with Gasteiger partial charge in [-0.1, -0.05) is 0 Å². The largest absolute Gasteiger partial charge is 0.481 e. The van der Waals surface area contributed by atoms with E-state index in [-0.39, 0.29) is 17.1 Å². The van der Waals surface area contributed by atoms with Crippen molar-refractivity contribution in [2.75, 3.05) is 12.3 Å². The van der Waals surface area contributed by atoms with Gasteiger partial charge in [0.15, 0.2) is 17.4 Å². The Labute approximate surface area is 215 Å². The number of phosphoric ester groups is 1. The fourth-order valence-corrected chi connectivity index (χ4v) is 6.11. The van der Waals surface area contributed by atoms with Crippen LogP contribution in [0, 0.1) is 0 Å². The molecular formula is C16H25N5O16P2. The number of nitrogens with two attached hydrogens (primary N) is 1. The van der Waals surface area contributed by atoms with Crippen molar-refractivity contribution in [3.8, 4) is 0 Å². The van der Waals surface area contributed by atoms with E-state index in [2.05, 4.69) is 19.3 Å². The van der Waals surface area contributed by atoms with E-state index in [1.165, 1.54) is 0 Å². The first-order chi connectivity index (χ1) is 18.0. The van der Waals surface area contributed by atoms with E-state index in [4.69, 9.17) is 29.5 Å². The number of hydrogen-bond acceptors (Lipinski definition) is 16. The number of ether oxygens (including phenoxy) is 2. The van der Waals surface area contributed by atoms with Crippen molar-refractivity contribution < 1.29 is 72.8 Å². The number of rotatable bonds is 8. The maximum atomic E-state index is 12.4. The number of fused-ring (bicyclic) bond motifs is 1. The van der Waals surface area contributed by atoms with Gasteiger partial charge in [-0.15, -0.1) is 0 Å². The van der Waals surface area contributed by atoms with Crippen LogP contribution in [0.4, 0.5) is 5.95 Å². The molecule has 2 aliphatic rings. The second kappa shape index (κ2) is 10.8. The molecule has 220 valence electrons. The van der Waals surface area contributed by atoms with Crippen LogP contribution < -0.4 is 11.3 Å². The van der Waals surface area contributed by atoms with Crippen molar-refractivity contribution >= 4 is 32.8 Å². The number of aliphatic hydroxyl groups is 6. The summed E-state index contributed by atoms with van der Waals surface area (Å²) in [5.41, 5.74) is 4.30. The van der Waals surface area contributed by atoms with Crippen LogP contribution in [0.15, 0.2) is 11.1 Å². The van der Waals surface area contributed by atoms with E-state index < -0.39 is 89.0 Å². The van der Waals surface area contributed by atoms with Crippen LogP contribution in [0.3, 0.4) is 0 Å². The Hall–Kier alpha value is -1.91. The average molecular weight is 605 g/mol. The van der Waals surface area contributed by atoms with Gasteiger partial charge in [-0.2, -0.15) is 9.29 Å².